The zero-order chi connectivity index (χ0) is 8.27. The minimum absolute atomic E-state index is 0.164. The van der Waals surface area contributed by atoms with Gasteiger partial charge < -0.3 is 9.84 Å². The van der Waals surface area contributed by atoms with E-state index in [4.69, 9.17) is 16.7 Å². The summed E-state index contributed by atoms with van der Waals surface area (Å²) in [5.41, 5.74) is 0. The van der Waals surface area contributed by atoms with Crippen molar-refractivity contribution in [1.29, 1.82) is 0 Å². The number of carbonyl (C=O) groups is 1. The van der Waals surface area contributed by atoms with Crippen LogP contribution in [0.1, 0.15) is 0 Å². The summed E-state index contributed by atoms with van der Waals surface area (Å²) in [7, 11) is 0. The van der Waals surface area contributed by atoms with Crippen LogP contribution in [-0.2, 0) is 4.79 Å². The molecule has 0 radical (unpaired) electrons. The van der Waals surface area contributed by atoms with E-state index >= 15 is 0 Å². The van der Waals surface area contributed by atoms with Crippen molar-refractivity contribution < 1.29 is 14.6 Å². The van der Waals surface area contributed by atoms with Gasteiger partial charge in [0, 0.05) is 0 Å². The third-order valence-electron chi connectivity index (χ3n) is 0.701. The van der Waals surface area contributed by atoms with E-state index in [1.165, 1.54) is 0 Å². The van der Waals surface area contributed by atoms with Gasteiger partial charge in [0.2, 0.25) is 4.47 Å². The minimum atomic E-state index is -1.06. The molecule has 0 aliphatic heterocycles. The lowest BCUT2D eigenvalue weighted by Crippen LogP contribution is -2.09. The normalized spacial score (nSPS) is 9.55. The highest BCUT2D eigenvalue weighted by molar-refractivity contribution is 7.17. The summed E-state index contributed by atoms with van der Waals surface area (Å²) in [6.07, 6.45) is 0. The Morgan fingerprint density at radius 3 is 2.91 bits per heavy atom. The fraction of sp³-hybridized carbons (Fsp3) is 0.250. The Labute approximate surface area is 70.6 Å². The van der Waals surface area contributed by atoms with Gasteiger partial charge in [-0.05, 0) is 22.9 Å². The van der Waals surface area contributed by atoms with Crippen LogP contribution >= 0.6 is 22.9 Å². The van der Waals surface area contributed by atoms with Crippen LogP contribution < -0.4 is 4.74 Å². The number of ether oxygens (including phenoxy) is 1. The van der Waals surface area contributed by atoms with E-state index in [0.717, 1.165) is 11.3 Å². The Kier molecular flexibility index (Phi) is 2.61. The summed E-state index contributed by atoms with van der Waals surface area (Å²) in [5, 5.41) is 15.2. The van der Waals surface area contributed by atoms with E-state index in [2.05, 4.69) is 14.9 Å². The molecular weight excluding hydrogens is 192 g/mol. The summed E-state index contributed by atoms with van der Waals surface area (Å²) < 4.78 is 4.88. The van der Waals surface area contributed by atoms with E-state index in [1.54, 1.807) is 0 Å². The standard InChI is InChI=1S/C4H3ClN2O3S/c5-3-6-7-4(11-3)10-1-2(8)9/h1H2,(H,8,9). The van der Waals surface area contributed by atoms with Crippen molar-refractivity contribution in [2.75, 3.05) is 6.61 Å². The minimum Gasteiger partial charge on any atom is -0.479 e. The molecular formula is C4H3ClN2O3S. The molecule has 7 heteroatoms. The Bertz CT molecular complexity index is 264. The van der Waals surface area contributed by atoms with Crippen LogP contribution in [0.5, 0.6) is 5.19 Å². The number of carboxylic acid groups (broad SMARTS) is 1. The van der Waals surface area contributed by atoms with E-state index in [0.29, 0.717) is 0 Å². The van der Waals surface area contributed by atoms with Gasteiger partial charge in [0.25, 0.3) is 5.19 Å². The lowest BCUT2D eigenvalue weighted by atomic mass is 10.8. The van der Waals surface area contributed by atoms with Crippen molar-refractivity contribution >= 4 is 28.9 Å². The molecule has 60 valence electrons. The first-order valence-electron chi connectivity index (χ1n) is 2.52. The van der Waals surface area contributed by atoms with Gasteiger partial charge in [0.05, 0.1) is 0 Å². The summed E-state index contributed by atoms with van der Waals surface area (Å²) in [4.78, 5) is 9.98. The maximum absolute atomic E-state index is 9.98. The van der Waals surface area contributed by atoms with Crippen molar-refractivity contribution in [3.8, 4) is 5.19 Å². The first kappa shape index (κ1) is 8.22. The Balaban J connectivity index is 2.45. The first-order valence-corrected chi connectivity index (χ1v) is 3.71. The molecule has 0 unspecified atom stereocenters. The van der Waals surface area contributed by atoms with Crippen molar-refractivity contribution in [3.63, 3.8) is 0 Å². The quantitative estimate of drug-likeness (QED) is 0.765. The molecule has 0 atom stereocenters. The van der Waals surface area contributed by atoms with Crippen LogP contribution in [0.3, 0.4) is 0 Å². The highest BCUT2D eigenvalue weighted by atomic mass is 35.5. The van der Waals surface area contributed by atoms with Crippen molar-refractivity contribution in [3.05, 3.63) is 4.47 Å². The summed E-state index contributed by atoms with van der Waals surface area (Å²) in [6, 6.07) is 0. The smallest absolute Gasteiger partial charge is 0.341 e. The van der Waals surface area contributed by atoms with Crippen LogP contribution in [0, 0.1) is 0 Å². The second-order valence-corrected chi connectivity index (χ2v) is 3.03. The fourth-order valence-corrected chi connectivity index (χ4v) is 1.04. The Morgan fingerprint density at radius 1 is 1.73 bits per heavy atom. The van der Waals surface area contributed by atoms with Crippen LogP contribution in [0.2, 0.25) is 4.47 Å². The third kappa shape index (κ3) is 2.69. The van der Waals surface area contributed by atoms with Crippen LogP contribution in [-0.4, -0.2) is 27.9 Å². The van der Waals surface area contributed by atoms with E-state index < -0.39 is 12.6 Å². The van der Waals surface area contributed by atoms with E-state index in [1.807, 2.05) is 0 Å². The third-order valence-corrected chi connectivity index (χ3v) is 1.63. The number of aliphatic carboxylic acids is 1. The summed E-state index contributed by atoms with van der Waals surface area (Å²) in [6.45, 7) is -0.425. The molecule has 0 aromatic carbocycles. The van der Waals surface area contributed by atoms with Gasteiger partial charge in [-0.15, -0.1) is 5.10 Å². The molecule has 0 spiro atoms. The SMILES string of the molecule is O=C(O)COc1nnc(Cl)s1. The molecule has 0 fully saturated rings. The fourth-order valence-electron chi connectivity index (χ4n) is 0.375. The molecule has 1 rings (SSSR count). The number of rotatable bonds is 3. The predicted octanol–water partition coefficient (Wildman–Crippen LogP) is 0.655. The number of carboxylic acids is 1. The monoisotopic (exact) mass is 194 g/mol. The average molecular weight is 195 g/mol. The maximum Gasteiger partial charge on any atom is 0.341 e. The zero-order valence-electron chi connectivity index (χ0n) is 5.15. The van der Waals surface area contributed by atoms with Gasteiger partial charge in [0.15, 0.2) is 6.61 Å². The second kappa shape index (κ2) is 3.49. The predicted molar refractivity (Wildman–Crippen MR) is 38.0 cm³/mol. The highest BCUT2D eigenvalue weighted by Gasteiger charge is 2.04. The van der Waals surface area contributed by atoms with Crippen LogP contribution in [0.15, 0.2) is 0 Å². The summed E-state index contributed by atoms with van der Waals surface area (Å²) in [5.74, 6) is -1.06. The second-order valence-electron chi connectivity index (χ2n) is 1.50. The van der Waals surface area contributed by atoms with Crippen LogP contribution in [0.25, 0.3) is 0 Å². The molecule has 1 aromatic rings. The molecule has 0 aliphatic rings. The van der Waals surface area contributed by atoms with Gasteiger partial charge >= 0.3 is 5.97 Å². The Hall–Kier alpha value is -0.880. The van der Waals surface area contributed by atoms with Crippen molar-refractivity contribution in [2.45, 2.75) is 0 Å². The van der Waals surface area contributed by atoms with Gasteiger partial charge in [0.1, 0.15) is 0 Å². The number of hydrogen-bond donors (Lipinski definition) is 1. The molecule has 0 bridgehead atoms. The van der Waals surface area contributed by atoms with E-state index in [9.17, 15) is 4.79 Å². The number of halogens is 1. The number of nitrogens with zero attached hydrogens (tertiary/aromatic N) is 2. The van der Waals surface area contributed by atoms with Gasteiger partial charge in [-0.3, -0.25) is 0 Å². The van der Waals surface area contributed by atoms with Crippen LogP contribution in [0.4, 0.5) is 0 Å². The molecule has 0 aliphatic carbocycles. The molecule has 1 heterocycles. The number of hydrogen-bond acceptors (Lipinski definition) is 5. The number of aromatic nitrogens is 2. The highest BCUT2D eigenvalue weighted by Crippen LogP contribution is 2.21. The largest absolute Gasteiger partial charge is 0.479 e. The summed E-state index contributed by atoms with van der Waals surface area (Å²) >= 11 is 6.38. The Morgan fingerprint density at radius 2 is 2.45 bits per heavy atom. The first-order chi connectivity index (χ1) is 5.18. The molecule has 11 heavy (non-hydrogen) atoms. The average Bonchev–Trinajstić information content (AvgIpc) is 2.31. The molecule has 0 amide bonds. The lowest BCUT2D eigenvalue weighted by molar-refractivity contribution is -0.139. The zero-order valence-corrected chi connectivity index (χ0v) is 6.72. The van der Waals surface area contributed by atoms with E-state index in [-0.39, 0.29) is 9.66 Å². The molecule has 1 N–H and O–H groups in total. The molecule has 0 saturated heterocycles. The topological polar surface area (TPSA) is 72.3 Å². The van der Waals surface area contributed by atoms with Gasteiger partial charge in [-0.2, -0.15) is 0 Å². The maximum atomic E-state index is 9.98. The molecule has 5 nitrogen and oxygen atoms in total. The van der Waals surface area contributed by atoms with Gasteiger partial charge in [-0.25, -0.2) is 4.79 Å². The van der Waals surface area contributed by atoms with Crippen molar-refractivity contribution in [1.82, 2.24) is 10.2 Å². The van der Waals surface area contributed by atoms with Crippen molar-refractivity contribution in [2.24, 2.45) is 0 Å². The molecule has 1 aromatic heterocycles. The van der Waals surface area contributed by atoms with Gasteiger partial charge in [-0.1, -0.05) is 5.10 Å². The molecule has 0 saturated carbocycles. The lowest BCUT2D eigenvalue weighted by Gasteiger charge is -1.93.